The third-order valence-corrected chi connectivity index (χ3v) is 4.29. The maximum absolute atomic E-state index is 12.3. The fourth-order valence-corrected chi connectivity index (χ4v) is 2.72. The zero-order chi connectivity index (χ0) is 11.1. The van der Waals surface area contributed by atoms with Crippen LogP contribution in [0.15, 0.2) is 0 Å². The summed E-state index contributed by atoms with van der Waals surface area (Å²) >= 11 is 0. The number of hydroxylamine groups is 2. The zero-order valence-corrected chi connectivity index (χ0v) is 10.3. The predicted octanol–water partition coefficient (Wildman–Crippen LogP) is 2.26. The SMILES string of the molecule is CCC1(CC)N(C)C(C)C(C)(C)N1[O]. The molecule has 0 amide bonds. The number of hydrogen-bond donors (Lipinski definition) is 0. The monoisotopic (exact) mass is 199 g/mol. The average molecular weight is 199 g/mol. The van der Waals surface area contributed by atoms with E-state index in [1.807, 2.05) is 13.8 Å². The molecule has 0 aromatic carbocycles. The number of rotatable bonds is 2. The molecule has 1 rings (SSSR count). The first-order valence-electron chi connectivity index (χ1n) is 5.55. The first kappa shape index (κ1) is 12.0. The lowest BCUT2D eigenvalue weighted by Gasteiger charge is -2.38. The van der Waals surface area contributed by atoms with Crippen molar-refractivity contribution in [1.82, 2.24) is 9.96 Å². The van der Waals surface area contributed by atoms with Crippen molar-refractivity contribution in [3.05, 3.63) is 0 Å². The smallest absolute Gasteiger partial charge is 0.101 e. The van der Waals surface area contributed by atoms with Crippen molar-refractivity contribution in [3.8, 4) is 0 Å². The molecule has 0 spiro atoms. The van der Waals surface area contributed by atoms with E-state index in [1.165, 1.54) is 5.06 Å². The van der Waals surface area contributed by atoms with E-state index in [1.54, 1.807) is 0 Å². The van der Waals surface area contributed by atoms with Gasteiger partial charge in [-0.15, -0.1) is 10.3 Å². The van der Waals surface area contributed by atoms with Gasteiger partial charge in [0.25, 0.3) is 0 Å². The second-order valence-corrected chi connectivity index (χ2v) is 4.92. The van der Waals surface area contributed by atoms with E-state index in [0.29, 0.717) is 6.04 Å². The Kier molecular flexibility index (Phi) is 2.96. The van der Waals surface area contributed by atoms with Crippen molar-refractivity contribution < 1.29 is 5.21 Å². The van der Waals surface area contributed by atoms with Crippen molar-refractivity contribution in [2.24, 2.45) is 0 Å². The molecular weight excluding hydrogens is 176 g/mol. The van der Waals surface area contributed by atoms with Crippen molar-refractivity contribution in [2.45, 2.75) is 64.7 Å². The zero-order valence-electron chi connectivity index (χ0n) is 10.3. The van der Waals surface area contributed by atoms with E-state index in [9.17, 15) is 5.21 Å². The molecule has 0 N–H and O–H groups in total. The van der Waals surface area contributed by atoms with Gasteiger partial charge in [-0.25, -0.2) is 0 Å². The molecule has 1 radical (unpaired) electrons. The lowest BCUT2D eigenvalue weighted by Crippen LogP contribution is -2.52. The Morgan fingerprint density at radius 3 is 1.79 bits per heavy atom. The fourth-order valence-electron chi connectivity index (χ4n) is 2.72. The predicted molar refractivity (Wildman–Crippen MR) is 57.1 cm³/mol. The van der Waals surface area contributed by atoms with Gasteiger partial charge in [-0.05, 0) is 40.7 Å². The third kappa shape index (κ3) is 1.23. The minimum Gasteiger partial charge on any atom is -0.282 e. The van der Waals surface area contributed by atoms with Crippen LogP contribution in [-0.2, 0) is 5.21 Å². The highest BCUT2D eigenvalue weighted by Crippen LogP contribution is 2.43. The standard InChI is InChI=1S/C11H23N2O/c1-7-11(8-2)12(6)9(3)10(4,5)13(11)14/h9H,7-8H2,1-6H3. The molecule has 0 aliphatic carbocycles. The Morgan fingerprint density at radius 2 is 1.64 bits per heavy atom. The van der Waals surface area contributed by atoms with Gasteiger partial charge in [0.1, 0.15) is 5.66 Å². The van der Waals surface area contributed by atoms with Crippen LogP contribution in [0.1, 0.15) is 47.5 Å². The first-order valence-corrected chi connectivity index (χ1v) is 5.55. The first-order chi connectivity index (χ1) is 6.34. The van der Waals surface area contributed by atoms with Crippen LogP contribution in [0.4, 0.5) is 0 Å². The van der Waals surface area contributed by atoms with Crippen LogP contribution in [0.5, 0.6) is 0 Å². The molecule has 0 saturated carbocycles. The Labute approximate surface area is 87.7 Å². The van der Waals surface area contributed by atoms with Gasteiger partial charge in [-0.1, -0.05) is 13.8 Å². The van der Waals surface area contributed by atoms with Gasteiger partial charge in [0, 0.05) is 6.04 Å². The second-order valence-electron chi connectivity index (χ2n) is 4.92. The van der Waals surface area contributed by atoms with Gasteiger partial charge >= 0.3 is 0 Å². The van der Waals surface area contributed by atoms with Gasteiger partial charge in [0.15, 0.2) is 0 Å². The van der Waals surface area contributed by atoms with Crippen molar-refractivity contribution in [2.75, 3.05) is 7.05 Å². The van der Waals surface area contributed by atoms with Crippen molar-refractivity contribution >= 4 is 0 Å². The maximum atomic E-state index is 12.3. The van der Waals surface area contributed by atoms with Crippen molar-refractivity contribution in [1.29, 1.82) is 0 Å². The van der Waals surface area contributed by atoms with Crippen LogP contribution < -0.4 is 0 Å². The topological polar surface area (TPSA) is 26.4 Å². The quantitative estimate of drug-likeness (QED) is 0.682. The Bertz CT molecular complexity index is 211. The van der Waals surface area contributed by atoms with Crippen LogP contribution in [0.3, 0.4) is 0 Å². The van der Waals surface area contributed by atoms with Gasteiger partial charge in [-0.3, -0.25) is 4.90 Å². The van der Waals surface area contributed by atoms with Crippen LogP contribution in [0.25, 0.3) is 0 Å². The summed E-state index contributed by atoms with van der Waals surface area (Å²) in [4.78, 5) is 2.24. The molecule has 1 atom stereocenters. The third-order valence-electron chi connectivity index (χ3n) is 4.29. The molecule has 3 nitrogen and oxygen atoms in total. The second kappa shape index (κ2) is 3.47. The minimum atomic E-state index is -0.289. The highest BCUT2D eigenvalue weighted by atomic mass is 16.5. The van der Waals surface area contributed by atoms with Gasteiger partial charge in [0.05, 0.1) is 5.54 Å². The normalized spacial score (nSPS) is 32.4. The number of likely N-dealkylation sites (N-methyl/N-ethyl adjacent to an activating group) is 1. The lowest BCUT2D eigenvalue weighted by molar-refractivity contribution is -0.270. The van der Waals surface area contributed by atoms with Crippen LogP contribution in [0.2, 0.25) is 0 Å². The van der Waals surface area contributed by atoms with Crippen LogP contribution in [0, 0.1) is 0 Å². The molecule has 1 aliphatic heterocycles. The molecule has 14 heavy (non-hydrogen) atoms. The van der Waals surface area contributed by atoms with E-state index in [-0.39, 0.29) is 11.2 Å². The summed E-state index contributed by atoms with van der Waals surface area (Å²) in [5, 5.41) is 13.6. The van der Waals surface area contributed by atoms with Gasteiger partial charge in [0.2, 0.25) is 0 Å². The fraction of sp³-hybridized carbons (Fsp3) is 1.00. The summed E-state index contributed by atoms with van der Waals surface area (Å²) in [7, 11) is 2.07. The molecule has 1 heterocycles. The van der Waals surface area contributed by atoms with E-state index in [2.05, 4.69) is 32.7 Å². The molecule has 0 aromatic heterocycles. The molecule has 0 bridgehead atoms. The summed E-state index contributed by atoms with van der Waals surface area (Å²) in [5.74, 6) is 0. The van der Waals surface area contributed by atoms with E-state index in [4.69, 9.17) is 0 Å². The van der Waals surface area contributed by atoms with Gasteiger partial charge < -0.3 is 0 Å². The van der Waals surface area contributed by atoms with E-state index >= 15 is 0 Å². The number of hydrogen-bond acceptors (Lipinski definition) is 2. The maximum Gasteiger partial charge on any atom is 0.101 e. The van der Waals surface area contributed by atoms with E-state index in [0.717, 1.165) is 12.8 Å². The molecule has 83 valence electrons. The summed E-state index contributed by atoms with van der Waals surface area (Å²) in [6, 6.07) is 0.305. The molecular formula is C11H23N2O. The average Bonchev–Trinajstić information content (AvgIpc) is 2.29. The Hall–Kier alpha value is -0.120. The highest BCUT2D eigenvalue weighted by molar-refractivity contribution is 5.05. The molecule has 3 heteroatoms. The molecule has 1 aliphatic rings. The minimum absolute atomic E-state index is 0.277. The molecule has 1 fully saturated rings. The Balaban J connectivity index is 3.11. The Morgan fingerprint density at radius 1 is 1.21 bits per heavy atom. The largest absolute Gasteiger partial charge is 0.282 e. The molecule has 0 aromatic rings. The van der Waals surface area contributed by atoms with Crippen LogP contribution >= 0.6 is 0 Å². The number of nitrogens with zero attached hydrogens (tertiary/aromatic N) is 2. The van der Waals surface area contributed by atoms with E-state index < -0.39 is 0 Å². The highest BCUT2D eigenvalue weighted by Gasteiger charge is 2.57. The molecule has 1 unspecified atom stereocenters. The van der Waals surface area contributed by atoms with Gasteiger partial charge in [-0.2, -0.15) is 0 Å². The summed E-state index contributed by atoms with van der Waals surface area (Å²) in [6.45, 7) is 10.4. The summed E-state index contributed by atoms with van der Waals surface area (Å²) in [5.41, 5.74) is -0.566. The summed E-state index contributed by atoms with van der Waals surface area (Å²) in [6.07, 6.45) is 1.77. The molecule has 1 saturated heterocycles. The van der Waals surface area contributed by atoms with Crippen LogP contribution in [-0.4, -0.2) is 34.3 Å². The summed E-state index contributed by atoms with van der Waals surface area (Å²) < 4.78 is 0. The lowest BCUT2D eigenvalue weighted by atomic mass is 9.97. The van der Waals surface area contributed by atoms with Crippen molar-refractivity contribution in [3.63, 3.8) is 0 Å².